The summed E-state index contributed by atoms with van der Waals surface area (Å²) in [6.45, 7) is 0. The first kappa shape index (κ1) is 18.6. The van der Waals surface area contributed by atoms with Gasteiger partial charge in [0.05, 0.1) is 21.2 Å². The maximum atomic E-state index is 12.4. The highest BCUT2D eigenvalue weighted by molar-refractivity contribution is 6.40. The third kappa shape index (κ3) is 4.52. The third-order valence-corrected chi connectivity index (χ3v) is 4.10. The zero-order valence-electron chi connectivity index (χ0n) is 13.6. The number of amides is 1. The summed E-state index contributed by atoms with van der Waals surface area (Å²) in [5.74, 6) is -0.854. The zero-order chi connectivity index (χ0) is 19.4. The molecular formula is C18H12Cl2N4O3. The molecule has 9 heteroatoms. The van der Waals surface area contributed by atoms with Crippen molar-refractivity contribution in [3.05, 3.63) is 76.0 Å². The number of nitrogens with zero attached hydrogens (tertiary/aromatic N) is 2. The lowest BCUT2D eigenvalue weighted by Crippen LogP contribution is -2.13. The number of carbonyl (C=O) groups is 2. The topological polar surface area (TPSA) is 104 Å². The highest BCUT2D eigenvalue weighted by atomic mass is 35.5. The minimum Gasteiger partial charge on any atom is -0.478 e. The van der Waals surface area contributed by atoms with Crippen molar-refractivity contribution in [1.82, 2.24) is 9.97 Å². The molecule has 2 aromatic heterocycles. The second-order valence-corrected chi connectivity index (χ2v) is 6.15. The SMILES string of the molecule is O=C(O)c1ccnc(Nc2cc(NC(=O)c3c(Cl)cccc3Cl)ccn2)c1. The number of nitrogens with one attached hydrogen (secondary N) is 2. The zero-order valence-corrected chi connectivity index (χ0v) is 15.1. The van der Waals surface area contributed by atoms with Crippen molar-refractivity contribution in [2.24, 2.45) is 0 Å². The van der Waals surface area contributed by atoms with Gasteiger partial charge in [0.15, 0.2) is 0 Å². The van der Waals surface area contributed by atoms with Gasteiger partial charge in [0.2, 0.25) is 0 Å². The Kier molecular flexibility index (Phi) is 5.54. The summed E-state index contributed by atoms with van der Waals surface area (Å²) in [6, 6.07) is 10.7. The minimum atomic E-state index is -1.06. The summed E-state index contributed by atoms with van der Waals surface area (Å²) in [6.07, 6.45) is 2.85. The van der Waals surface area contributed by atoms with Gasteiger partial charge in [0.25, 0.3) is 5.91 Å². The molecule has 3 aromatic rings. The van der Waals surface area contributed by atoms with E-state index in [2.05, 4.69) is 20.6 Å². The molecule has 1 aromatic carbocycles. The maximum Gasteiger partial charge on any atom is 0.335 e. The molecule has 0 aliphatic rings. The summed E-state index contributed by atoms with van der Waals surface area (Å²) in [7, 11) is 0. The number of hydrogen-bond donors (Lipinski definition) is 3. The van der Waals surface area contributed by atoms with E-state index < -0.39 is 11.9 Å². The largest absolute Gasteiger partial charge is 0.478 e. The van der Waals surface area contributed by atoms with Crippen LogP contribution in [0.1, 0.15) is 20.7 Å². The Morgan fingerprint density at radius 2 is 1.56 bits per heavy atom. The fourth-order valence-electron chi connectivity index (χ4n) is 2.25. The molecule has 136 valence electrons. The average molecular weight is 403 g/mol. The van der Waals surface area contributed by atoms with E-state index in [9.17, 15) is 9.59 Å². The standard InChI is InChI=1S/C18H12Cl2N4O3/c19-12-2-1-3-13(20)16(12)17(25)23-11-5-7-22-15(9-11)24-14-8-10(18(26)27)4-6-21-14/h1-9H,(H,26,27)(H2,21,22,23,24,25). The van der Waals surface area contributed by atoms with Crippen LogP contribution in [-0.4, -0.2) is 27.0 Å². The maximum absolute atomic E-state index is 12.4. The third-order valence-electron chi connectivity index (χ3n) is 3.47. The van der Waals surface area contributed by atoms with Crippen molar-refractivity contribution in [1.29, 1.82) is 0 Å². The molecule has 3 rings (SSSR count). The molecule has 0 radical (unpaired) electrons. The van der Waals surface area contributed by atoms with E-state index in [1.165, 1.54) is 24.5 Å². The van der Waals surface area contributed by atoms with Crippen LogP contribution >= 0.6 is 23.2 Å². The van der Waals surface area contributed by atoms with Crippen molar-refractivity contribution in [3.63, 3.8) is 0 Å². The number of pyridine rings is 2. The number of carbonyl (C=O) groups excluding carboxylic acids is 1. The number of carboxylic acids is 1. The van der Waals surface area contributed by atoms with Crippen molar-refractivity contribution in [2.75, 3.05) is 10.6 Å². The summed E-state index contributed by atoms with van der Waals surface area (Å²) in [5, 5.41) is 15.1. The molecule has 0 saturated carbocycles. The van der Waals surface area contributed by atoms with Gasteiger partial charge in [-0.25, -0.2) is 14.8 Å². The van der Waals surface area contributed by atoms with Crippen LogP contribution in [-0.2, 0) is 0 Å². The van der Waals surface area contributed by atoms with E-state index in [4.69, 9.17) is 28.3 Å². The number of carboxylic acid groups (broad SMARTS) is 1. The van der Waals surface area contributed by atoms with Crippen LogP contribution in [0.3, 0.4) is 0 Å². The van der Waals surface area contributed by atoms with Gasteiger partial charge in [0, 0.05) is 24.1 Å². The average Bonchev–Trinajstić information content (AvgIpc) is 2.62. The number of benzene rings is 1. The first-order valence-electron chi connectivity index (χ1n) is 7.62. The van der Waals surface area contributed by atoms with E-state index in [1.807, 2.05) is 0 Å². The minimum absolute atomic E-state index is 0.0883. The van der Waals surface area contributed by atoms with Crippen molar-refractivity contribution in [3.8, 4) is 0 Å². The molecule has 0 bridgehead atoms. The Morgan fingerprint density at radius 1 is 0.926 bits per heavy atom. The molecule has 3 N–H and O–H groups in total. The Bertz CT molecular complexity index is 1010. The molecular weight excluding hydrogens is 391 g/mol. The second kappa shape index (κ2) is 8.03. The predicted octanol–water partition coefficient (Wildman–Crippen LogP) is 4.48. The van der Waals surface area contributed by atoms with Crippen LogP contribution < -0.4 is 10.6 Å². The predicted molar refractivity (Wildman–Crippen MR) is 103 cm³/mol. The molecule has 0 atom stereocenters. The monoisotopic (exact) mass is 402 g/mol. The number of hydrogen-bond acceptors (Lipinski definition) is 5. The smallest absolute Gasteiger partial charge is 0.335 e. The quantitative estimate of drug-likeness (QED) is 0.581. The molecule has 0 saturated heterocycles. The first-order valence-corrected chi connectivity index (χ1v) is 8.37. The van der Waals surface area contributed by atoms with Crippen LogP contribution in [0.15, 0.2) is 54.9 Å². The Balaban J connectivity index is 1.79. The number of aromatic carboxylic acids is 1. The van der Waals surface area contributed by atoms with E-state index in [-0.39, 0.29) is 21.2 Å². The van der Waals surface area contributed by atoms with Gasteiger partial charge in [-0.3, -0.25) is 4.79 Å². The lowest BCUT2D eigenvalue weighted by atomic mass is 10.2. The Morgan fingerprint density at radius 3 is 2.22 bits per heavy atom. The Labute approximate surface area is 164 Å². The Hall–Kier alpha value is -3.16. The highest BCUT2D eigenvalue weighted by Gasteiger charge is 2.15. The number of anilines is 3. The van der Waals surface area contributed by atoms with Gasteiger partial charge in [0.1, 0.15) is 11.6 Å². The van der Waals surface area contributed by atoms with Gasteiger partial charge in [-0.1, -0.05) is 29.3 Å². The summed E-state index contributed by atoms with van der Waals surface area (Å²) in [5.41, 5.74) is 0.705. The van der Waals surface area contributed by atoms with E-state index in [0.29, 0.717) is 17.3 Å². The molecule has 2 heterocycles. The molecule has 0 aliphatic heterocycles. The summed E-state index contributed by atoms with van der Waals surface area (Å²) < 4.78 is 0. The number of halogens is 2. The molecule has 27 heavy (non-hydrogen) atoms. The van der Waals surface area contributed by atoms with E-state index >= 15 is 0 Å². The molecule has 7 nitrogen and oxygen atoms in total. The lowest BCUT2D eigenvalue weighted by molar-refractivity contribution is 0.0696. The van der Waals surface area contributed by atoms with Crippen molar-refractivity contribution >= 4 is 52.4 Å². The fraction of sp³-hybridized carbons (Fsp3) is 0. The molecule has 0 unspecified atom stereocenters. The molecule has 1 amide bonds. The van der Waals surface area contributed by atoms with Crippen molar-refractivity contribution in [2.45, 2.75) is 0 Å². The normalized spacial score (nSPS) is 10.3. The van der Waals surface area contributed by atoms with Gasteiger partial charge in [-0.2, -0.15) is 0 Å². The molecule has 0 aliphatic carbocycles. The number of rotatable bonds is 5. The molecule has 0 fully saturated rings. The van der Waals surface area contributed by atoms with Gasteiger partial charge in [-0.05, 0) is 30.3 Å². The first-order chi connectivity index (χ1) is 12.9. The van der Waals surface area contributed by atoms with Crippen LogP contribution in [0.5, 0.6) is 0 Å². The summed E-state index contributed by atoms with van der Waals surface area (Å²) >= 11 is 12.1. The van der Waals surface area contributed by atoms with E-state index in [0.717, 1.165) is 0 Å². The summed E-state index contributed by atoms with van der Waals surface area (Å²) in [4.78, 5) is 31.6. The molecule has 0 spiro atoms. The van der Waals surface area contributed by atoms with Crippen LogP contribution in [0.25, 0.3) is 0 Å². The fourth-order valence-corrected chi connectivity index (χ4v) is 2.82. The lowest BCUT2D eigenvalue weighted by Gasteiger charge is -2.10. The second-order valence-electron chi connectivity index (χ2n) is 5.34. The van der Waals surface area contributed by atoms with Gasteiger partial charge in [-0.15, -0.1) is 0 Å². The van der Waals surface area contributed by atoms with Crippen LogP contribution in [0.4, 0.5) is 17.3 Å². The highest BCUT2D eigenvalue weighted by Crippen LogP contribution is 2.25. The van der Waals surface area contributed by atoms with Gasteiger partial charge >= 0.3 is 5.97 Å². The van der Waals surface area contributed by atoms with E-state index in [1.54, 1.807) is 30.3 Å². The number of aromatic nitrogens is 2. The van der Waals surface area contributed by atoms with Crippen LogP contribution in [0.2, 0.25) is 10.0 Å². The van der Waals surface area contributed by atoms with Crippen LogP contribution in [0, 0.1) is 0 Å². The van der Waals surface area contributed by atoms with Gasteiger partial charge < -0.3 is 15.7 Å². The van der Waals surface area contributed by atoms with Crippen molar-refractivity contribution < 1.29 is 14.7 Å².